The number of rotatable bonds is 14. The average Bonchev–Trinajstić information content (AvgIpc) is 3.45. The van der Waals surface area contributed by atoms with E-state index in [1.807, 2.05) is 12.2 Å². The Balaban J connectivity index is 1.44. The summed E-state index contributed by atoms with van der Waals surface area (Å²) < 4.78 is 25.1. The van der Waals surface area contributed by atoms with Gasteiger partial charge in [0.1, 0.15) is 27.3 Å². The van der Waals surface area contributed by atoms with Crippen molar-refractivity contribution in [1.29, 1.82) is 0 Å². The van der Waals surface area contributed by atoms with Gasteiger partial charge in [-0.05, 0) is 48.5 Å². The SMILES string of the molecule is CC(C)(Br)C(=O)OCC(C)(COC(=O)C(C)(C)Br)C(=O)OCCCOC(=O)CCN1C(=O)C2[C@H](C1=O)C1(C)C=CC2(C)O1. The Morgan fingerprint density at radius 3 is 1.67 bits per heavy atom. The third kappa shape index (κ3) is 7.67. The number of ether oxygens (including phenoxy) is 5. The largest absolute Gasteiger partial charge is 0.465 e. The molecule has 0 aromatic carbocycles. The molecule has 0 spiro atoms. The summed E-state index contributed by atoms with van der Waals surface area (Å²) in [5, 5.41) is 0. The molecule has 3 heterocycles. The summed E-state index contributed by atoms with van der Waals surface area (Å²) >= 11 is 6.40. The van der Waals surface area contributed by atoms with Crippen LogP contribution in [0.1, 0.15) is 61.3 Å². The van der Waals surface area contributed by atoms with Gasteiger partial charge in [-0.15, -0.1) is 0 Å². The first kappa shape index (κ1) is 35.2. The van der Waals surface area contributed by atoms with Crippen LogP contribution in [0.3, 0.4) is 0 Å². The molecule has 0 saturated carbocycles. The van der Waals surface area contributed by atoms with Gasteiger partial charge >= 0.3 is 23.9 Å². The van der Waals surface area contributed by atoms with Crippen molar-refractivity contribution >= 4 is 67.6 Å². The third-order valence-corrected chi connectivity index (χ3v) is 8.30. The van der Waals surface area contributed by atoms with Crippen LogP contribution in [-0.2, 0) is 52.5 Å². The molecule has 2 fully saturated rings. The fourth-order valence-electron chi connectivity index (χ4n) is 5.12. The van der Waals surface area contributed by atoms with Crippen molar-refractivity contribution in [3.63, 3.8) is 0 Å². The Hall–Kier alpha value is -2.32. The molecule has 3 aliphatic heterocycles. The molecule has 43 heavy (non-hydrogen) atoms. The Morgan fingerprint density at radius 2 is 1.23 bits per heavy atom. The van der Waals surface area contributed by atoms with Crippen LogP contribution in [0.25, 0.3) is 0 Å². The minimum atomic E-state index is -1.50. The van der Waals surface area contributed by atoms with E-state index < -0.39 is 74.2 Å². The Bertz CT molecular complexity index is 1140. The van der Waals surface area contributed by atoms with Gasteiger partial charge in [0.05, 0.1) is 42.7 Å². The van der Waals surface area contributed by atoms with Crippen molar-refractivity contribution in [3.8, 4) is 0 Å². The summed E-state index contributed by atoms with van der Waals surface area (Å²) in [6, 6.07) is 0. The second-order valence-electron chi connectivity index (χ2n) is 12.7. The molecule has 3 unspecified atom stereocenters. The van der Waals surface area contributed by atoms with Crippen LogP contribution in [0.2, 0.25) is 0 Å². The van der Waals surface area contributed by atoms with Gasteiger partial charge in [-0.2, -0.15) is 0 Å². The van der Waals surface area contributed by atoms with Crippen LogP contribution < -0.4 is 0 Å². The second-order valence-corrected chi connectivity index (χ2v) is 16.7. The predicted octanol–water partition coefficient (Wildman–Crippen LogP) is 3.01. The highest BCUT2D eigenvalue weighted by molar-refractivity contribution is 9.10. The molecule has 2 saturated heterocycles. The van der Waals surface area contributed by atoms with E-state index in [1.165, 1.54) is 6.92 Å². The molecule has 3 aliphatic rings. The van der Waals surface area contributed by atoms with Crippen molar-refractivity contribution in [2.45, 2.75) is 81.2 Å². The molecule has 0 aromatic rings. The first-order valence-corrected chi connectivity index (χ1v) is 15.5. The zero-order valence-electron chi connectivity index (χ0n) is 25.5. The average molecular weight is 737 g/mol. The van der Waals surface area contributed by atoms with Gasteiger partial charge in [-0.25, -0.2) is 0 Å². The van der Waals surface area contributed by atoms with Crippen molar-refractivity contribution in [1.82, 2.24) is 4.90 Å². The number of hydrogen-bond acceptors (Lipinski definition) is 11. The lowest BCUT2D eigenvalue weighted by Gasteiger charge is -2.28. The van der Waals surface area contributed by atoms with Crippen LogP contribution in [-0.4, -0.2) is 93.4 Å². The highest BCUT2D eigenvalue weighted by Gasteiger charge is 2.70. The number of nitrogens with zero attached hydrogens (tertiary/aromatic N) is 1. The number of alkyl halides is 2. The van der Waals surface area contributed by atoms with Gasteiger partial charge in [0.2, 0.25) is 11.8 Å². The zero-order chi connectivity index (χ0) is 32.6. The normalized spacial score (nSPS) is 26.4. The lowest BCUT2D eigenvalue weighted by atomic mass is 9.73. The molecule has 4 atom stereocenters. The van der Waals surface area contributed by atoms with Gasteiger partial charge in [0.25, 0.3) is 0 Å². The second kappa shape index (κ2) is 12.6. The monoisotopic (exact) mass is 735 g/mol. The molecule has 0 aliphatic carbocycles. The molecule has 0 aromatic heterocycles. The molecule has 0 radical (unpaired) electrons. The highest BCUT2D eigenvalue weighted by atomic mass is 79.9. The van der Waals surface area contributed by atoms with Gasteiger partial charge in [-0.1, -0.05) is 44.0 Å². The molecule has 3 rings (SSSR count). The summed E-state index contributed by atoms with van der Waals surface area (Å²) in [7, 11) is 0. The van der Waals surface area contributed by atoms with E-state index >= 15 is 0 Å². The zero-order valence-corrected chi connectivity index (χ0v) is 28.6. The van der Waals surface area contributed by atoms with Crippen LogP contribution in [0, 0.1) is 17.3 Å². The van der Waals surface area contributed by atoms with Crippen LogP contribution >= 0.6 is 31.9 Å². The van der Waals surface area contributed by atoms with Crippen molar-refractivity contribution in [2.24, 2.45) is 17.3 Å². The first-order valence-electron chi connectivity index (χ1n) is 14.0. The lowest BCUT2D eigenvalue weighted by Crippen LogP contribution is -2.43. The maximum absolute atomic E-state index is 13.0. The smallest absolute Gasteiger partial charge is 0.322 e. The number of imide groups is 1. The number of hydrogen-bond donors (Lipinski definition) is 0. The van der Waals surface area contributed by atoms with Crippen molar-refractivity contribution in [2.75, 3.05) is 33.0 Å². The lowest BCUT2D eigenvalue weighted by molar-refractivity contribution is -0.171. The summed E-state index contributed by atoms with van der Waals surface area (Å²) in [6.45, 7) is 10.2. The third-order valence-electron chi connectivity index (χ3n) is 7.65. The molecular weight excluding hydrogens is 698 g/mol. The van der Waals surface area contributed by atoms with Gasteiger partial charge in [-0.3, -0.25) is 33.7 Å². The van der Waals surface area contributed by atoms with Gasteiger partial charge in [0, 0.05) is 13.0 Å². The minimum absolute atomic E-state index is 0.0800. The van der Waals surface area contributed by atoms with Crippen LogP contribution in [0.5, 0.6) is 0 Å². The summed E-state index contributed by atoms with van der Waals surface area (Å²) in [6.07, 6.45) is 3.61. The number of carbonyl (C=O) groups is 6. The Labute approximate surface area is 267 Å². The van der Waals surface area contributed by atoms with E-state index in [-0.39, 0.29) is 44.4 Å². The van der Waals surface area contributed by atoms with Crippen LogP contribution in [0.4, 0.5) is 0 Å². The fourth-order valence-corrected chi connectivity index (χ4v) is 5.35. The summed E-state index contributed by atoms with van der Waals surface area (Å²) in [4.78, 5) is 76.9. The van der Waals surface area contributed by atoms with E-state index in [1.54, 1.807) is 41.5 Å². The quantitative estimate of drug-likeness (QED) is 0.0647. The summed E-state index contributed by atoms with van der Waals surface area (Å²) in [5.41, 5.74) is -3.18. The summed E-state index contributed by atoms with van der Waals surface area (Å²) in [5.74, 6) is -4.57. The molecule has 14 heteroatoms. The Kier molecular flexibility index (Phi) is 10.3. The number of likely N-dealkylation sites (tertiary alicyclic amines) is 1. The standard InChI is InChI=1S/C29H39Br2NO11/c1-25(2,30)22(36)41-15-27(5,16-42-23(37)26(3,4)31)24(38)40-14-8-13-39-17(33)9-12-32-20(34)18-19(21(32)35)29(7)11-10-28(18,6)43-29/h10-11,18-19H,8-9,12-16H2,1-7H3/t18-,19?,28?,29?/m1/s1. The maximum Gasteiger partial charge on any atom is 0.322 e. The molecule has 240 valence electrons. The Morgan fingerprint density at radius 1 is 0.791 bits per heavy atom. The maximum atomic E-state index is 13.0. The molecular formula is C29H39Br2NO11. The van der Waals surface area contributed by atoms with E-state index in [0.717, 1.165) is 4.90 Å². The van der Waals surface area contributed by atoms with Crippen molar-refractivity contribution in [3.05, 3.63) is 12.2 Å². The number of carbonyl (C=O) groups excluding carboxylic acids is 6. The topological polar surface area (TPSA) is 152 Å². The first-order chi connectivity index (χ1) is 19.6. The molecule has 2 amide bonds. The number of halogens is 2. The number of esters is 4. The van der Waals surface area contributed by atoms with Crippen LogP contribution in [0.15, 0.2) is 12.2 Å². The number of amides is 2. The highest BCUT2D eigenvalue weighted by Crippen LogP contribution is 2.56. The molecule has 2 bridgehead atoms. The minimum Gasteiger partial charge on any atom is -0.465 e. The molecule has 12 nitrogen and oxygen atoms in total. The number of fused-ring (bicyclic) bond motifs is 5. The van der Waals surface area contributed by atoms with E-state index in [0.29, 0.717) is 0 Å². The van der Waals surface area contributed by atoms with Crippen molar-refractivity contribution < 1.29 is 52.5 Å². The predicted molar refractivity (Wildman–Crippen MR) is 158 cm³/mol. The van der Waals surface area contributed by atoms with E-state index in [2.05, 4.69) is 31.9 Å². The van der Waals surface area contributed by atoms with E-state index in [9.17, 15) is 28.8 Å². The van der Waals surface area contributed by atoms with Gasteiger partial charge in [0.15, 0.2) is 0 Å². The molecule has 0 N–H and O–H groups in total. The van der Waals surface area contributed by atoms with Gasteiger partial charge < -0.3 is 23.7 Å². The fraction of sp³-hybridized carbons (Fsp3) is 0.724. The van der Waals surface area contributed by atoms with E-state index in [4.69, 9.17) is 23.7 Å².